The number of likely N-dealkylation sites (tertiary alicyclic amines) is 1. The van der Waals surface area contributed by atoms with Gasteiger partial charge in [-0.05, 0) is 36.6 Å². The number of carbonyl (C=O) groups is 1. The zero-order valence-electron chi connectivity index (χ0n) is 17.5. The molecule has 4 aromatic rings. The highest BCUT2D eigenvalue weighted by atomic mass is 16.4. The van der Waals surface area contributed by atoms with Crippen molar-refractivity contribution in [1.82, 2.24) is 14.8 Å². The molecule has 1 N–H and O–H groups in total. The normalized spacial score (nSPS) is 15.5. The molecule has 2 aromatic carbocycles. The highest BCUT2D eigenvalue weighted by molar-refractivity contribution is 6.07. The average molecular weight is 415 g/mol. The quantitative estimate of drug-likeness (QED) is 0.517. The number of carbonyl (C=O) groups excluding carboxylic acids is 1. The number of fused-ring (bicyclic) bond motifs is 3. The Labute approximate surface area is 180 Å². The highest BCUT2D eigenvalue weighted by Crippen LogP contribution is 2.25. The van der Waals surface area contributed by atoms with Crippen molar-refractivity contribution >= 4 is 27.8 Å². The van der Waals surface area contributed by atoms with Gasteiger partial charge in [0.15, 0.2) is 0 Å². The second-order valence-corrected chi connectivity index (χ2v) is 8.25. The number of piperidine rings is 1. The monoisotopic (exact) mass is 415 g/mol. The van der Waals surface area contributed by atoms with Crippen LogP contribution in [0.4, 0.5) is 0 Å². The minimum Gasteiger partial charge on any atom is -0.422 e. The predicted octanol–water partition coefficient (Wildman–Crippen LogP) is 3.68. The first kappa shape index (κ1) is 19.6. The van der Waals surface area contributed by atoms with Crippen LogP contribution in [0.15, 0.2) is 69.9 Å². The van der Waals surface area contributed by atoms with Crippen molar-refractivity contribution in [1.29, 1.82) is 0 Å². The van der Waals surface area contributed by atoms with Crippen LogP contribution in [0.25, 0.3) is 21.9 Å². The van der Waals surface area contributed by atoms with Crippen molar-refractivity contribution in [2.45, 2.75) is 25.4 Å². The van der Waals surface area contributed by atoms with Gasteiger partial charge < -0.3 is 14.3 Å². The molecule has 1 aliphatic rings. The number of amides is 1. The molecule has 3 heterocycles. The molecule has 1 amide bonds. The zero-order chi connectivity index (χ0) is 21.4. The van der Waals surface area contributed by atoms with Gasteiger partial charge in [0, 0.05) is 38.1 Å². The molecule has 1 fully saturated rings. The molecule has 0 bridgehead atoms. The topological polar surface area (TPSA) is 67.5 Å². The molecule has 1 aliphatic heterocycles. The fourth-order valence-corrected chi connectivity index (χ4v) is 4.54. The second-order valence-electron chi connectivity index (χ2n) is 8.25. The van der Waals surface area contributed by atoms with Crippen LogP contribution in [0, 0.1) is 0 Å². The lowest BCUT2D eigenvalue weighted by atomic mass is 10.0. The molecule has 0 saturated carbocycles. The summed E-state index contributed by atoms with van der Waals surface area (Å²) in [4.78, 5) is 27.9. The predicted molar refractivity (Wildman–Crippen MR) is 121 cm³/mol. The Morgan fingerprint density at radius 3 is 2.52 bits per heavy atom. The number of aromatic nitrogens is 1. The van der Waals surface area contributed by atoms with Crippen LogP contribution in [-0.2, 0) is 13.6 Å². The zero-order valence-corrected chi connectivity index (χ0v) is 17.5. The van der Waals surface area contributed by atoms with Gasteiger partial charge >= 0.3 is 5.63 Å². The lowest BCUT2D eigenvalue weighted by molar-refractivity contribution is 0.0901. The largest absolute Gasteiger partial charge is 0.422 e. The van der Waals surface area contributed by atoms with E-state index in [0.717, 1.165) is 43.4 Å². The molecule has 0 unspecified atom stereocenters. The fourth-order valence-electron chi connectivity index (χ4n) is 4.54. The number of hydrogen-bond acceptors (Lipinski definition) is 4. The van der Waals surface area contributed by atoms with Crippen LogP contribution >= 0.6 is 0 Å². The summed E-state index contributed by atoms with van der Waals surface area (Å²) in [5.41, 5.74) is 2.63. The maximum atomic E-state index is 13.0. The van der Waals surface area contributed by atoms with Crippen LogP contribution in [0.5, 0.6) is 0 Å². The standard InChI is InChI=1S/C25H25N3O3/c1-27-21(15-20-23(27)19-9-5-6-10-22(19)31-25(20)30)24(29)26-18-11-13-28(14-12-18)16-17-7-3-2-4-8-17/h2-10,15,18H,11-14,16H2,1H3,(H,26,29). The summed E-state index contributed by atoms with van der Waals surface area (Å²) in [6.07, 6.45) is 1.82. The summed E-state index contributed by atoms with van der Waals surface area (Å²) in [7, 11) is 1.82. The van der Waals surface area contributed by atoms with Gasteiger partial charge in [-0.15, -0.1) is 0 Å². The van der Waals surface area contributed by atoms with E-state index in [1.165, 1.54) is 5.56 Å². The van der Waals surface area contributed by atoms with Gasteiger partial charge in [-0.1, -0.05) is 42.5 Å². The Hall–Kier alpha value is -3.38. The SMILES string of the molecule is Cn1c(C(=O)NC2CCN(Cc3ccccc3)CC2)cc2c(=O)oc3ccccc3c21. The summed E-state index contributed by atoms with van der Waals surface area (Å²) in [5, 5.41) is 4.43. The van der Waals surface area contributed by atoms with Gasteiger partial charge in [0.1, 0.15) is 11.3 Å². The summed E-state index contributed by atoms with van der Waals surface area (Å²) >= 11 is 0. The highest BCUT2D eigenvalue weighted by Gasteiger charge is 2.24. The third-order valence-corrected chi connectivity index (χ3v) is 6.20. The van der Waals surface area contributed by atoms with E-state index in [1.807, 2.05) is 31.3 Å². The van der Waals surface area contributed by atoms with Gasteiger partial charge in [0.2, 0.25) is 0 Å². The van der Waals surface area contributed by atoms with Crippen molar-refractivity contribution in [2.24, 2.45) is 7.05 Å². The molecule has 6 nitrogen and oxygen atoms in total. The van der Waals surface area contributed by atoms with Crippen LogP contribution in [0.3, 0.4) is 0 Å². The molecule has 5 rings (SSSR count). The number of aryl methyl sites for hydroxylation is 1. The average Bonchev–Trinajstić information content (AvgIpc) is 3.14. The van der Waals surface area contributed by atoms with Gasteiger partial charge in [-0.3, -0.25) is 9.69 Å². The molecule has 0 spiro atoms. The van der Waals surface area contributed by atoms with Crippen molar-refractivity contribution < 1.29 is 9.21 Å². The van der Waals surface area contributed by atoms with Crippen LogP contribution in [0.2, 0.25) is 0 Å². The Kier molecular flexibility index (Phi) is 5.08. The number of hydrogen-bond donors (Lipinski definition) is 1. The van der Waals surface area contributed by atoms with E-state index in [9.17, 15) is 9.59 Å². The van der Waals surface area contributed by atoms with Crippen molar-refractivity contribution in [3.8, 4) is 0 Å². The number of nitrogens with zero attached hydrogens (tertiary/aromatic N) is 2. The van der Waals surface area contributed by atoms with E-state index in [-0.39, 0.29) is 11.9 Å². The minimum absolute atomic E-state index is 0.130. The molecule has 2 aromatic heterocycles. The lowest BCUT2D eigenvalue weighted by Crippen LogP contribution is -2.44. The van der Waals surface area contributed by atoms with E-state index >= 15 is 0 Å². The van der Waals surface area contributed by atoms with Crippen LogP contribution in [0.1, 0.15) is 28.9 Å². The Morgan fingerprint density at radius 2 is 1.74 bits per heavy atom. The second kappa shape index (κ2) is 8.04. The lowest BCUT2D eigenvalue weighted by Gasteiger charge is -2.32. The third kappa shape index (κ3) is 3.75. The molecule has 0 aliphatic carbocycles. The number of benzene rings is 2. The summed E-state index contributed by atoms with van der Waals surface area (Å²) in [6, 6.07) is 19.6. The first-order chi connectivity index (χ1) is 15.1. The van der Waals surface area contributed by atoms with E-state index < -0.39 is 5.63 Å². The molecule has 31 heavy (non-hydrogen) atoms. The molecule has 1 saturated heterocycles. The van der Waals surface area contributed by atoms with Gasteiger partial charge in [-0.25, -0.2) is 4.79 Å². The third-order valence-electron chi connectivity index (χ3n) is 6.20. The number of nitrogens with one attached hydrogen (secondary N) is 1. The molecule has 0 atom stereocenters. The van der Waals surface area contributed by atoms with E-state index in [2.05, 4.69) is 34.5 Å². The van der Waals surface area contributed by atoms with Gasteiger partial charge in [-0.2, -0.15) is 0 Å². The first-order valence-electron chi connectivity index (χ1n) is 10.7. The fraction of sp³-hybridized carbons (Fsp3) is 0.280. The molecule has 6 heteroatoms. The van der Waals surface area contributed by atoms with Gasteiger partial charge in [0.05, 0.1) is 10.9 Å². The number of para-hydroxylation sites is 1. The maximum Gasteiger partial charge on any atom is 0.345 e. The van der Waals surface area contributed by atoms with E-state index in [4.69, 9.17) is 4.42 Å². The Bertz CT molecular complexity index is 1300. The van der Waals surface area contributed by atoms with Crippen molar-refractivity contribution in [2.75, 3.05) is 13.1 Å². The smallest absolute Gasteiger partial charge is 0.345 e. The summed E-state index contributed by atoms with van der Waals surface area (Å²) in [5.74, 6) is -0.149. The van der Waals surface area contributed by atoms with E-state index in [1.54, 1.807) is 16.7 Å². The van der Waals surface area contributed by atoms with Gasteiger partial charge in [0.25, 0.3) is 5.91 Å². The van der Waals surface area contributed by atoms with Crippen molar-refractivity contribution in [3.05, 3.63) is 82.3 Å². The molecule has 158 valence electrons. The van der Waals surface area contributed by atoms with Crippen LogP contribution < -0.4 is 10.9 Å². The number of rotatable bonds is 4. The minimum atomic E-state index is -0.419. The Balaban J connectivity index is 1.31. The molecular formula is C25H25N3O3. The summed E-state index contributed by atoms with van der Waals surface area (Å²) < 4.78 is 7.23. The maximum absolute atomic E-state index is 13.0. The summed E-state index contributed by atoms with van der Waals surface area (Å²) in [6.45, 7) is 2.83. The Morgan fingerprint density at radius 1 is 1.03 bits per heavy atom. The first-order valence-corrected chi connectivity index (χ1v) is 10.7. The van der Waals surface area contributed by atoms with E-state index in [0.29, 0.717) is 16.7 Å². The molecular weight excluding hydrogens is 390 g/mol. The molecule has 0 radical (unpaired) electrons. The van der Waals surface area contributed by atoms with Crippen LogP contribution in [-0.4, -0.2) is 34.5 Å². The van der Waals surface area contributed by atoms with Crippen molar-refractivity contribution in [3.63, 3.8) is 0 Å².